The highest BCUT2D eigenvalue weighted by molar-refractivity contribution is 7.99. The van der Waals surface area contributed by atoms with Crippen LogP contribution in [-0.2, 0) is 11.3 Å². The third-order valence-electron chi connectivity index (χ3n) is 3.43. The van der Waals surface area contributed by atoms with Crippen LogP contribution in [0.1, 0.15) is 39.0 Å². The minimum atomic E-state index is -0.918. The topological polar surface area (TPSA) is 80.9 Å². The second-order valence-electron chi connectivity index (χ2n) is 4.68. The molecule has 100 valence electrons. The largest absolute Gasteiger partial charge is 0.480 e. The van der Waals surface area contributed by atoms with Gasteiger partial charge in [-0.2, -0.15) is 0 Å². The van der Waals surface area contributed by atoms with E-state index in [1.807, 2.05) is 0 Å². The van der Waals surface area contributed by atoms with Crippen LogP contribution >= 0.6 is 11.8 Å². The summed E-state index contributed by atoms with van der Waals surface area (Å²) in [5, 5.41) is 21.1. The van der Waals surface area contributed by atoms with E-state index in [0.29, 0.717) is 10.4 Å². The van der Waals surface area contributed by atoms with Crippen LogP contribution in [0.15, 0.2) is 5.16 Å². The molecule has 1 aromatic heterocycles. The van der Waals surface area contributed by atoms with E-state index in [0.717, 1.165) is 5.92 Å². The molecular weight excluding hydrogens is 252 g/mol. The van der Waals surface area contributed by atoms with E-state index in [1.165, 1.54) is 36.8 Å². The predicted molar refractivity (Wildman–Crippen MR) is 67.3 cm³/mol. The van der Waals surface area contributed by atoms with Crippen molar-refractivity contribution in [3.05, 3.63) is 0 Å². The highest BCUT2D eigenvalue weighted by atomic mass is 32.2. The fourth-order valence-electron chi connectivity index (χ4n) is 2.32. The summed E-state index contributed by atoms with van der Waals surface area (Å²) in [5.41, 5.74) is 0. The van der Waals surface area contributed by atoms with Crippen molar-refractivity contribution in [2.75, 3.05) is 0 Å². The Morgan fingerprint density at radius 2 is 2.17 bits per heavy atom. The van der Waals surface area contributed by atoms with Gasteiger partial charge in [-0.3, -0.25) is 4.79 Å². The van der Waals surface area contributed by atoms with Crippen molar-refractivity contribution in [3.8, 4) is 0 Å². The Hall–Kier alpha value is -1.11. The van der Waals surface area contributed by atoms with Crippen molar-refractivity contribution in [2.24, 2.45) is 5.92 Å². The second-order valence-corrected chi connectivity index (χ2v) is 5.95. The molecule has 18 heavy (non-hydrogen) atoms. The van der Waals surface area contributed by atoms with Crippen LogP contribution < -0.4 is 0 Å². The van der Waals surface area contributed by atoms with E-state index in [2.05, 4.69) is 22.4 Å². The van der Waals surface area contributed by atoms with E-state index in [9.17, 15) is 4.79 Å². The first-order valence-electron chi connectivity index (χ1n) is 6.33. The Morgan fingerprint density at radius 3 is 2.78 bits per heavy atom. The molecule has 0 saturated heterocycles. The van der Waals surface area contributed by atoms with Crippen LogP contribution in [0.3, 0.4) is 0 Å². The van der Waals surface area contributed by atoms with Gasteiger partial charge in [-0.05, 0) is 42.0 Å². The molecule has 1 N–H and O–H groups in total. The van der Waals surface area contributed by atoms with Gasteiger partial charge in [0.15, 0.2) is 0 Å². The van der Waals surface area contributed by atoms with E-state index in [-0.39, 0.29) is 6.54 Å². The predicted octanol–water partition coefficient (Wildman–Crippen LogP) is 1.82. The molecule has 6 nitrogen and oxygen atoms in total. The van der Waals surface area contributed by atoms with Crippen LogP contribution in [0, 0.1) is 5.92 Å². The molecule has 1 aliphatic rings. The highest BCUT2D eigenvalue weighted by Gasteiger charge is 2.23. The number of thioether (sulfide) groups is 1. The molecule has 1 saturated carbocycles. The van der Waals surface area contributed by atoms with Crippen molar-refractivity contribution >= 4 is 17.7 Å². The molecule has 7 heteroatoms. The summed E-state index contributed by atoms with van der Waals surface area (Å²) < 4.78 is 1.36. The zero-order valence-corrected chi connectivity index (χ0v) is 11.3. The van der Waals surface area contributed by atoms with Crippen LogP contribution in [0.5, 0.6) is 0 Å². The fourth-order valence-corrected chi connectivity index (χ4v) is 3.43. The maximum Gasteiger partial charge on any atom is 0.325 e. The van der Waals surface area contributed by atoms with Crippen molar-refractivity contribution in [1.29, 1.82) is 0 Å². The summed E-state index contributed by atoms with van der Waals surface area (Å²) in [4.78, 5) is 10.7. The van der Waals surface area contributed by atoms with Gasteiger partial charge in [0, 0.05) is 5.25 Å². The third-order valence-corrected chi connectivity index (χ3v) is 4.74. The molecule has 0 amide bonds. The smallest absolute Gasteiger partial charge is 0.325 e. The lowest BCUT2D eigenvalue weighted by Gasteiger charge is -2.26. The molecular formula is C11H18N4O2S. The van der Waals surface area contributed by atoms with Gasteiger partial charge in [-0.25, -0.2) is 4.68 Å². The molecule has 0 spiro atoms. The summed E-state index contributed by atoms with van der Waals surface area (Å²) in [6, 6.07) is 0. The number of carboxylic acid groups (broad SMARTS) is 1. The van der Waals surface area contributed by atoms with Gasteiger partial charge < -0.3 is 5.11 Å². The van der Waals surface area contributed by atoms with Gasteiger partial charge >= 0.3 is 5.97 Å². The van der Waals surface area contributed by atoms with Crippen LogP contribution in [0.2, 0.25) is 0 Å². The molecule has 0 unspecified atom stereocenters. The van der Waals surface area contributed by atoms with Gasteiger partial charge in [0.25, 0.3) is 0 Å². The number of carbonyl (C=O) groups is 1. The normalized spacial score (nSPS) is 24.1. The molecule has 0 aliphatic heterocycles. The number of nitrogens with zero attached hydrogens (tertiary/aromatic N) is 4. The lowest BCUT2D eigenvalue weighted by Crippen LogP contribution is -2.17. The van der Waals surface area contributed by atoms with E-state index < -0.39 is 5.97 Å². The Balaban J connectivity index is 1.90. The monoisotopic (exact) mass is 270 g/mol. The quantitative estimate of drug-likeness (QED) is 0.879. The van der Waals surface area contributed by atoms with E-state index in [1.54, 1.807) is 11.8 Å². The van der Waals surface area contributed by atoms with E-state index in [4.69, 9.17) is 5.11 Å². The summed E-state index contributed by atoms with van der Waals surface area (Å²) in [6.07, 6.45) is 6.11. The summed E-state index contributed by atoms with van der Waals surface area (Å²) >= 11 is 1.62. The highest BCUT2D eigenvalue weighted by Crippen LogP contribution is 2.35. The van der Waals surface area contributed by atoms with Gasteiger partial charge in [0.1, 0.15) is 6.54 Å². The van der Waals surface area contributed by atoms with Gasteiger partial charge in [0.05, 0.1) is 0 Å². The Morgan fingerprint density at radius 1 is 1.44 bits per heavy atom. The first-order valence-corrected chi connectivity index (χ1v) is 7.21. The van der Waals surface area contributed by atoms with Crippen molar-refractivity contribution in [2.45, 2.75) is 56.0 Å². The van der Waals surface area contributed by atoms with Crippen molar-refractivity contribution in [1.82, 2.24) is 20.2 Å². The molecule has 0 bridgehead atoms. The maximum atomic E-state index is 10.7. The number of hydrogen-bond acceptors (Lipinski definition) is 5. The number of aliphatic carboxylic acids is 1. The van der Waals surface area contributed by atoms with E-state index >= 15 is 0 Å². The van der Waals surface area contributed by atoms with Crippen molar-refractivity contribution < 1.29 is 9.90 Å². The molecule has 1 aromatic rings. The Bertz CT molecular complexity index is 402. The molecule has 2 rings (SSSR count). The summed E-state index contributed by atoms with van der Waals surface area (Å²) in [5.74, 6) is -0.0595. The standard InChI is InChI=1S/C11H18N4O2S/c1-2-8-3-5-9(6-4-8)18-11-12-13-14-15(11)7-10(16)17/h8-9H,2-7H2,1H3,(H,16,17). The molecule has 0 atom stereocenters. The van der Waals surface area contributed by atoms with Gasteiger partial charge in [0.2, 0.25) is 5.16 Å². The number of rotatable bonds is 5. The van der Waals surface area contributed by atoms with Gasteiger partial charge in [-0.15, -0.1) is 5.10 Å². The van der Waals surface area contributed by atoms with Crippen molar-refractivity contribution in [3.63, 3.8) is 0 Å². The van der Waals surface area contributed by atoms with Crippen LogP contribution in [0.4, 0.5) is 0 Å². The Labute approximate surface area is 110 Å². The molecule has 1 heterocycles. The van der Waals surface area contributed by atoms with Gasteiger partial charge in [-0.1, -0.05) is 25.1 Å². The van der Waals surface area contributed by atoms with Crippen LogP contribution in [-0.4, -0.2) is 36.5 Å². The lowest BCUT2D eigenvalue weighted by atomic mass is 9.87. The average molecular weight is 270 g/mol. The lowest BCUT2D eigenvalue weighted by molar-refractivity contribution is -0.138. The molecule has 1 aliphatic carbocycles. The third kappa shape index (κ3) is 3.44. The van der Waals surface area contributed by atoms with Crippen LogP contribution in [0.25, 0.3) is 0 Å². The zero-order valence-electron chi connectivity index (χ0n) is 10.4. The maximum absolute atomic E-state index is 10.7. The minimum absolute atomic E-state index is 0.167. The Kier molecular flexibility index (Phi) is 4.57. The zero-order chi connectivity index (χ0) is 13.0. The molecule has 1 fully saturated rings. The summed E-state index contributed by atoms with van der Waals surface area (Å²) in [6.45, 7) is 2.07. The first-order chi connectivity index (χ1) is 8.69. The molecule has 0 aromatic carbocycles. The first kappa shape index (κ1) is 13.3. The number of carboxylic acids is 1. The number of tetrazole rings is 1. The second kappa shape index (κ2) is 6.17. The fraction of sp³-hybridized carbons (Fsp3) is 0.818. The SMILES string of the molecule is CCC1CCC(Sc2nnnn2CC(=O)O)CC1. The number of hydrogen-bond donors (Lipinski definition) is 1. The minimum Gasteiger partial charge on any atom is -0.480 e. The summed E-state index contributed by atoms with van der Waals surface area (Å²) in [7, 11) is 0. The number of aromatic nitrogens is 4. The average Bonchev–Trinajstić information content (AvgIpc) is 2.77. The molecule has 0 radical (unpaired) electrons.